The molecule has 0 unspecified atom stereocenters. The van der Waals surface area contributed by atoms with Crippen LogP contribution in [0.4, 0.5) is 5.69 Å². The molecule has 3 aromatic rings. The third-order valence-electron chi connectivity index (χ3n) is 4.79. The number of rotatable bonds is 6. The normalized spacial score (nSPS) is 11.8. The lowest BCUT2D eigenvalue weighted by atomic mass is 9.98. The summed E-state index contributed by atoms with van der Waals surface area (Å²) in [4.78, 5) is 12.5. The monoisotopic (exact) mass is 359 g/mol. The van der Waals surface area contributed by atoms with Crippen LogP contribution in [0.2, 0.25) is 0 Å². The minimum Gasteiger partial charge on any atom is -0.328 e. The van der Waals surface area contributed by atoms with Gasteiger partial charge in [-0.3, -0.25) is 4.79 Å². The zero-order valence-corrected chi connectivity index (χ0v) is 16.2. The second kappa shape index (κ2) is 8.65. The SMILES string of the molecule is Cc1ccc([C@@H]([NH2+]CC(=O)Nc2ccc(C)cc2C)c2ccccc2)cc1. The lowest BCUT2D eigenvalue weighted by Crippen LogP contribution is -2.87. The van der Waals surface area contributed by atoms with Crippen LogP contribution in [0.1, 0.15) is 33.9 Å². The molecule has 1 atom stereocenters. The highest BCUT2D eigenvalue weighted by Gasteiger charge is 2.19. The summed E-state index contributed by atoms with van der Waals surface area (Å²) in [5.41, 5.74) is 6.79. The van der Waals surface area contributed by atoms with Crippen LogP contribution in [0, 0.1) is 20.8 Å². The van der Waals surface area contributed by atoms with E-state index >= 15 is 0 Å². The summed E-state index contributed by atoms with van der Waals surface area (Å²) >= 11 is 0. The lowest BCUT2D eigenvalue weighted by molar-refractivity contribution is -0.676. The van der Waals surface area contributed by atoms with Gasteiger partial charge in [-0.1, -0.05) is 77.9 Å². The van der Waals surface area contributed by atoms with Gasteiger partial charge in [-0.15, -0.1) is 0 Å². The van der Waals surface area contributed by atoms with Crippen molar-refractivity contribution in [3.05, 3.63) is 101 Å². The maximum atomic E-state index is 12.5. The molecule has 3 heteroatoms. The summed E-state index contributed by atoms with van der Waals surface area (Å²) in [5.74, 6) is 0.00926. The molecule has 0 aromatic heterocycles. The van der Waals surface area contributed by atoms with E-state index in [1.807, 2.05) is 37.3 Å². The first-order valence-corrected chi connectivity index (χ1v) is 9.35. The zero-order valence-electron chi connectivity index (χ0n) is 16.2. The molecule has 0 bridgehead atoms. The fraction of sp³-hybridized carbons (Fsp3) is 0.208. The number of benzene rings is 3. The smallest absolute Gasteiger partial charge is 0.279 e. The minimum absolute atomic E-state index is 0.00926. The van der Waals surface area contributed by atoms with Gasteiger partial charge in [0.25, 0.3) is 5.91 Å². The quantitative estimate of drug-likeness (QED) is 0.689. The molecule has 0 saturated heterocycles. The Morgan fingerprint density at radius 2 is 1.48 bits per heavy atom. The second-order valence-electron chi connectivity index (χ2n) is 7.11. The highest BCUT2D eigenvalue weighted by Crippen LogP contribution is 2.19. The molecule has 3 nitrogen and oxygen atoms in total. The highest BCUT2D eigenvalue weighted by molar-refractivity contribution is 5.92. The standard InChI is InChI=1S/C24H26N2O/c1-17-9-12-21(13-10-17)24(20-7-5-4-6-8-20)25-16-23(27)26-22-14-11-18(2)15-19(22)3/h4-15,24-25H,16H2,1-3H3,(H,26,27)/p+1/t24-/m0/s1. The summed E-state index contributed by atoms with van der Waals surface area (Å²) < 4.78 is 0. The Labute approximate surface area is 161 Å². The van der Waals surface area contributed by atoms with Crippen molar-refractivity contribution in [2.75, 3.05) is 11.9 Å². The van der Waals surface area contributed by atoms with Crippen LogP contribution < -0.4 is 10.6 Å². The Morgan fingerprint density at radius 1 is 0.852 bits per heavy atom. The number of aryl methyl sites for hydroxylation is 3. The molecule has 3 rings (SSSR count). The zero-order chi connectivity index (χ0) is 19.2. The van der Waals surface area contributed by atoms with E-state index in [0.717, 1.165) is 11.3 Å². The summed E-state index contributed by atoms with van der Waals surface area (Å²) in [6.45, 7) is 6.52. The highest BCUT2D eigenvalue weighted by atomic mass is 16.1. The third kappa shape index (κ3) is 5.05. The molecule has 3 N–H and O–H groups in total. The van der Waals surface area contributed by atoms with E-state index < -0.39 is 0 Å². The number of carbonyl (C=O) groups is 1. The molecule has 3 aromatic carbocycles. The van der Waals surface area contributed by atoms with Gasteiger partial charge in [-0.25, -0.2) is 0 Å². The number of quaternary nitrogens is 1. The van der Waals surface area contributed by atoms with Crippen LogP contribution in [0.5, 0.6) is 0 Å². The van der Waals surface area contributed by atoms with E-state index in [0.29, 0.717) is 6.54 Å². The van der Waals surface area contributed by atoms with Crippen LogP contribution in [-0.4, -0.2) is 12.5 Å². The molecule has 0 heterocycles. The molecule has 0 saturated carbocycles. The van der Waals surface area contributed by atoms with E-state index in [1.165, 1.54) is 22.3 Å². The number of nitrogens with two attached hydrogens (primary N) is 1. The molecule has 0 aliphatic carbocycles. The maximum absolute atomic E-state index is 12.5. The molecule has 0 fully saturated rings. The van der Waals surface area contributed by atoms with E-state index in [1.54, 1.807) is 0 Å². The minimum atomic E-state index is 0.00926. The van der Waals surface area contributed by atoms with Crippen LogP contribution >= 0.6 is 0 Å². The fourth-order valence-corrected chi connectivity index (χ4v) is 3.28. The first kappa shape index (κ1) is 18.9. The van der Waals surface area contributed by atoms with E-state index in [9.17, 15) is 4.79 Å². The number of amides is 1. The Balaban J connectivity index is 1.72. The van der Waals surface area contributed by atoms with Gasteiger partial charge in [0.05, 0.1) is 0 Å². The van der Waals surface area contributed by atoms with Gasteiger partial charge in [0.1, 0.15) is 6.04 Å². The Kier molecular flexibility index (Phi) is 6.05. The summed E-state index contributed by atoms with van der Waals surface area (Å²) in [6, 6.07) is 25.0. The molecule has 0 aliphatic rings. The van der Waals surface area contributed by atoms with Gasteiger partial charge < -0.3 is 10.6 Å². The van der Waals surface area contributed by atoms with E-state index in [4.69, 9.17) is 0 Å². The maximum Gasteiger partial charge on any atom is 0.279 e. The lowest BCUT2D eigenvalue weighted by Gasteiger charge is -2.17. The summed E-state index contributed by atoms with van der Waals surface area (Å²) in [7, 11) is 0. The van der Waals surface area contributed by atoms with E-state index in [-0.39, 0.29) is 11.9 Å². The van der Waals surface area contributed by atoms with Gasteiger partial charge in [0.2, 0.25) is 0 Å². The van der Waals surface area contributed by atoms with Crippen LogP contribution in [0.3, 0.4) is 0 Å². The van der Waals surface area contributed by atoms with Gasteiger partial charge >= 0.3 is 0 Å². The van der Waals surface area contributed by atoms with Gasteiger partial charge in [0, 0.05) is 16.8 Å². The van der Waals surface area contributed by atoms with Crippen molar-refractivity contribution in [2.45, 2.75) is 26.8 Å². The Morgan fingerprint density at radius 3 is 2.15 bits per heavy atom. The molecule has 1 amide bonds. The Hall–Kier alpha value is -2.91. The van der Waals surface area contributed by atoms with Crippen molar-refractivity contribution in [1.82, 2.24) is 0 Å². The first-order chi connectivity index (χ1) is 13.0. The van der Waals surface area contributed by atoms with Gasteiger partial charge in [0.15, 0.2) is 6.54 Å². The summed E-state index contributed by atoms with van der Waals surface area (Å²) in [6.07, 6.45) is 0. The predicted molar refractivity (Wildman–Crippen MR) is 111 cm³/mol. The van der Waals surface area contributed by atoms with Crippen molar-refractivity contribution in [1.29, 1.82) is 0 Å². The first-order valence-electron chi connectivity index (χ1n) is 9.35. The molecule has 0 aliphatic heterocycles. The van der Waals surface area contributed by atoms with Crippen molar-refractivity contribution in [2.24, 2.45) is 0 Å². The molecule has 27 heavy (non-hydrogen) atoms. The largest absolute Gasteiger partial charge is 0.328 e. The van der Waals surface area contributed by atoms with Crippen LogP contribution in [0.15, 0.2) is 72.8 Å². The molecular formula is C24H27N2O+. The van der Waals surface area contributed by atoms with Crippen molar-refractivity contribution >= 4 is 11.6 Å². The van der Waals surface area contributed by atoms with Crippen molar-refractivity contribution in [3.63, 3.8) is 0 Å². The average Bonchev–Trinajstić information content (AvgIpc) is 2.66. The molecule has 138 valence electrons. The van der Waals surface area contributed by atoms with Crippen molar-refractivity contribution in [3.8, 4) is 0 Å². The van der Waals surface area contributed by atoms with Gasteiger partial charge in [-0.2, -0.15) is 0 Å². The summed E-state index contributed by atoms with van der Waals surface area (Å²) in [5, 5.41) is 5.13. The average molecular weight is 359 g/mol. The van der Waals surface area contributed by atoms with Crippen molar-refractivity contribution < 1.29 is 10.1 Å². The number of hydrogen-bond acceptors (Lipinski definition) is 1. The second-order valence-corrected chi connectivity index (χ2v) is 7.11. The fourth-order valence-electron chi connectivity index (χ4n) is 3.28. The van der Waals surface area contributed by atoms with Gasteiger partial charge in [-0.05, 0) is 32.4 Å². The molecular weight excluding hydrogens is 332 g/mol. The van der Waals surface area contributed by atoms with E-state index in [2.05, 4.69) is 66.9 Å². The van der Waals surface area contributed by atoms with Crippen LogP contribution in [-0.2, 0) is 4.79 Å². The molecule has 0 radical (unpaired) electrons. The molecule has 0 spiro atoms. The number of anilines is 1. The van der Waals surface area contributed by atoms with Crippen LogP contribution in [0.25, 0.3) is 0 Å². The number of carbonyl (C=O) groups excluding carboxylic acids is 1. The number of nitrogens with one attached hydrogen (secondary N) is 1. The number of hydrogen-bond donors (Lipinski definition) is 2. The topological polar surface area (TPSA) is 45.7 Å². The Bertz CT molecular complexity index is 901. The predicted octanol–water partition coefficient (Wildman–Crippen LogP) is 3.90. The third-order valence-corrected chi connectivity index (χ3v) is 4.79.